The van der Waals surface area contributed by atoms with Gasteiger partial charge in [-0.2, -0.15) is 0 Å². The summed E-state index contributed by atoms with van der Waals surface area (Å²) in [5.41, 5.74) is 4.22. The van der Waals surface area contributed by atoms with E-state index in [1.165, 1.54) is 11.1 Å². The predicted molar refractivity (Wildman–Crippen MR) is 127 cm³/mol. The van der Waals surface area contributed by atoms with Crippen LogP contribution < -0.4 is 15.5 Å². The van der Waals surface area contributed by atoms with Crippen LogP contribution >= 0.6 is 0 Å². The molecule has 1 aliphatic carbocycles. The summed E-state index contributed by atoms with van der Waals surface area (Å²) in [6.07, 6.45) is 3.16. The monoisotopic (exact) mass is 449 g/mol. The number of rotatable bonds is 5. The van der Waals surface area contributed by atoms with Gasteiger partial charge in [0.1, 0.15) is 0 Å². The average Bonchev–Trinajstić information content (AvgIpc) is 3.20. The second-order valence-corrected chi connectivity index (χ2v) is 9.24. The molecule has 2 aromatic carbocycles. The van der Waals surface area contributed by atoms with E-state index in [4.69, 9.17) is 4.74 Å². The lowest BCUT2D eigenvalue weighted by Gasteiger charge is -2.31. The molecule has 3 amide bonds. The lowest BCUT2D eigenvalue weighted by Crippen LogP contribution is -2.48. The molecule has 0 aromatic heterocycles. The molecule has 0 fully saturated rings. The summed E-state index contributed by atoms with van der Waals surface area (Å²) in [4.78, 5) is 39.5. The number of anilines is 2. The smallest absolute Gasteiger partial charge is 0.313 e. The third-order valence-corrected chi connectivity index (χ3v) is 6.58. The number of methoxy groups -OCH3 is 1. The van der Waals surface area contributed by atoms with Gasteiger partial charge in [0.2, 0.25) is 5.91 Å². The van der Waals surface area contributed by atoms with Gasteiger partial charge in [-0.15, -0.1) is 0 Å². The molecule has 7 nitrogen and oxygen atoms in total. The van der Waals surface area contributed by atoms with Gasteiger partial charge in [-0.3, -0.25) is 14.4 Å². The SMILES string of the molecule is COC1(CNC(=O)C(=O)Nc2ccc3c(c2)N(C(=O)C(C)C)CCC3)Cc2ccccc2C1. The van der Waals surface area contributed by atoms with Crippen molar-refractivity contribution in [2.45, 2.75) is 45.1 Å². The first-order valence-electron chi connectivity index (χ1n) is 11.5. The van der Waals surface area contributed by atoms with E-state index in [0.717, 1.165) is 24.1 Å². The first-order chi connectivity index (χ1) is 15.8. The average molecular weight is 450 g/mol. The van der Waals surface area contributed by atoms with Crippen molar-refractivity contribution in [1.82, 2.24) is 5.32 Å². The number of nitrogens with one attached hydrogen (secondary N) is 2. The summed E-state index contributed by atoms with van der Waals surface area (Å²) >= 11 is 0. The van der Waals surface area contributed by atoms with Crippen molar-refractivity contribution in [1.29, 1.82) is 0 Å². The van der Waals surface area contributed by atoms with Gasteiger partial charge in [-0.05, 0) is 41.7 Å². The Hall–Kier alpha value is -3.19. The quantitative estimate of drug-likeness (QED) is 0.687. The molecule has 2 N–H and O–H groups in total. The zero-order valence-corrected chi connectivity index (χ0v) is 19.4. The normalized spacial score (nSPS) is 16.2. The summed E-state index contributed by atoms with van der Waals surface area (Å²) in [6, 6.07) is 13.6. The zero-order chi connectivity index (χ0) is 23.6. The van der Waals surface area contributed by atoms with Crippen molar-refractivity contribution in [3.63, 3.8) is 0 Å². The minimum atomic E-state index is -0.741. The van der Waals surface area contributed by atoms with Gasteiger partial charge in [-0.1, -0.05) is 44.2 Å². The fraction of sp³-hybridized carbons (Fsp3) is 0.423. The maximum atomic E-state index is 12.6. The van der Waals surface area contributed by atoms with E-state index in [2.05, 4.69) is 22.8 Å². The number of hydrogen-bond donors (Lipinski definition) is 2. The molecule has 2 aliphatic rings. The number of carbonyl (C=O) groups is 3. The molecule has 0 saturated heterocycles. The van der Waals surface area contributed by atoms with Crippen LogP contribution in [0, 0.1) is 5.92 Å². The van der Waals surface area contributed by atoms with E-state index in [0.29, 0.717) is 25.1 Å². The van der Waals surface area contributed by atoms with Gasteiger partial charge in [0, 0.05) is 50.3 Å². The summed E-state index contributed by atoms with van der Waals surface area (Å²) < 4.78 is 5.76. The second kappa shape index (κ2) is 9.35. The molecule has 4 rings (SSSR count). The highest BCUT2D eigenvalue weighted by Crippen LogP contribution is 2.33. The molecule has 1 aliphatic heterocycles. The molecule has 1 heterocycles. The third kappa shape index (κ3) is 4.78. The molecule has 0 atom stereocenters. The van der Waals surface area contributed by atoms with Crippen LogP contribution in [0.25, 0.3) is 0 Å². The van der Waals surface area contributed by atoms with Crippen molar-refractivity contribution >= 4 is 29.1 Å². The van der Waals surface area contributed by atoms with Crippen molar-refractivity contribution in [2.24, 2.45) is 5.92 Å². The van der Waals surface area contributed by atoms with Crippen LogP contribution in [-0.4, -0.2) is 43.5 Å². The summed E-state index contributed by atoms with van der Waals surface area (Å²) in [5, 5.41) is 5.41. The van der Waals surface area contributed by atoms with Gasteiger partial charge >= 0.3 is 11.8 Å². The number of carbonyl (C=O) groups excluding carboxylic acids is 3. The molecule has 2 aromatic rings. The van der Waals surface area contributed by atoms with Crippen molar-refractivity contribution in [3.05, 3.63) is 59.2 Å². The maximum Gasteiger partial charge on any atom is 0.313 e. The van der Waals surface area contributed by atoms with Crippen LogP contribution in [0.5, 0.6) is 0 Å². The third-order valence-electron chi connectivity index (χ3n) is 6.58. The molecule has 174 valence electrons. The fourth-order valence-electron chi connectivity index (χ4n) is 4.70. The van der Waals surface area contributed by atoms with Crippen LogP contribution in [-0.2, 0) is 38.4 Å². The van der Waals surface area contributed by atoms with E-state index < -0.39 is 17.4 Å². The second-order valence-electron chi connectivity index (χ2n) is 9.24. The number of aryl methyl sites for hydroxylation is 1. The zero-order valence-electron chi connectivity index (χ0n) is 19.4. The molecule has 0 radical (unpaired) electrons. The number of hydrogen-bond acceptors (Lipinski definition) is 4. The first-order valence-corrected chi connectivity index (χ1v) is 11.5. The Labute approximate surface area is 194 Å². The Balaban J connectivity index is 1.40. The van der Waals surface area contributed by atoms with E-state index in [9.17, 15) is 14.4 Å². The number of nitrogens with zero attached hydrogens (tertiary/aromatic N) is 1. The molecule has 0 bridgehead atoms. The van der Waals surface area contributed by atoms with Crippen LogP contribution in [0.4, 0.5) is 11.4 Å². The van der Waals surface area contributed by atoms with Crippen molar-refractivity contribution in [3.8, 4) is 0 Å². The summed E-state index contributed by atoms with van der Waals surface area (Å²) in [7, 11) is 1.63. The Bertz CT molecular complexity index is 1050. The Kier molecular flexibility index (Phi) is 6.51. The molecule has 7 heteroatoms. The van der Waals surface area contributed by atoms with Crippen LogP contribution in [0.3, 0.4) is 0 Å². The van der Waals surface area contributed by atoms with Crippen LogP contribution in [0.1, 0.15) is 37.0 Å². The minimum absolute atomic E-state index is 0.0552. The minimum Gasteiger partial charge on any atom is -0.376 e. The first kappa shape index (κ1) is 23.0. The van der Waals surface area contributed by atoms with Crippen molar-refractivity contribution < 1.29 is 19.1 Å². The van der Waals surface area contributed by atoms with Gasteiger partial charge in [0.05, 0.1) is 5.60 Å². The van der Waals surface area contributed by atoms with Crippen molar-refractivity contribution in [2.75, 3.05) is 30.4 Å². The molecule has 0 unspecified atom stereocenters. The summed E-state index contributed by atoms with van der Waals surface area (Å²) in [5.74, 6) is -1.51. The highest BCUT2D eigenvalue weighted by Gasteiger charge is 2.38. The van der Waals surface area contributed by atoms with Gasteiger partial charge in [-0.25, -0.2) is 0 Å². The lowest BCUT2D eigenvalue weighted by molar-refractivity contribution is -0.137. The molecule has 0 spiro atoms. The standard InChI is InChI=1S/C26H31N3O4/c1-17(2)25(32)29-12-6-9-18-10-11-21(13-22(18)29)28-24(31)23(30)27-16-26(33-3)14-19-7-4-5-8-20(19)15-26/h4-5,7-8,10-11,13,17H,6,9,12,14-16H2,1-3H3,(H,27,30)(H,28,31). The van der Waals surface area contributed by atoms with E-state index in [1.807, 2.05) is 32.0 Å². The van der Waals surface area contributed by atoms with E-state index in [-0.39, 0.29) is 18.4 Å². The lowest BCUT2D eigenvalue weighted by atomic mass is 9.99. The molecule has 33 heavy (non-hydrogen) atoms. The predicted octanol–water partition coefficient (Wildman–Crippen LogP) is 2.86. The fourth-order valence-corrected chi connectivity index (χ4v) is 4.70. The Morgan fingerprint density at radius 1 is 1.03 bits per heavy atom. The van der Waals surface area contributed by atoms with Gasteiger partial charge in [0.25, 0.3) is 0 Å². The highest BCUT2D eigenvalue weighted by atomic mass is 16.5. The number of benzene rings is 2. The Morgan fingerprint density at radius 2 is 1.73 bits per heavy atom. The molecular formula is C26H31N3O4. The van der Waals surface area contributed by atoms with Gasteiger partial charge in [0.15, 0.2) is 0 Å². The van der Waals surface area contributed by atoms with E-state index >= 15 is 0 Å². The number of amides is 3. The highest BCUT2D eigenvalue weighted by molar-refractivity contribution is 6.39. The maximum absolute atomic E-state index is 12.6. The summed E-state index contributed by atoms with van der Waals surface area (Å²) in [6.45, 7) is 4.65. The largest absolute Gasteiger partial charge is 0.376 e. The number of ether oxygens (including phenoxy) is 1. The van der Waals surface area contributed by atoms with Crippen LogP contribution in [0.15, 0.2) is 42.5 Å². The Morgan fingerprint density at radius 3 is 2.36 bits per heavy atom. The van der Waals surface area contributed by atoms with E-state index in [1.54, 1.807) is 24.1 Å². The molecular weight excluding hydrogens is 418 g/mol. The van der Waals surface area contributed by atoms with Crippen LogP contribution in [0.2, 0.25) is 0 Å². The number of fused-ring (bicyclic) bond motifs is 2. The van der Waals surface area contributed by atoms with Gasteiger partial charge < -0.3 is 20.3 Å². The topological polar surface area (TPSA) is 87.7 Å². The molecule has 0 saturated carbocycles.